The van der Waals surface area contributed by atoms with E-state index in [1.54, 1.807) is 0 Å². The van der Waals surface area contributed by atoms with Crippen LogP contribution in [0.3, 0.4) is 0 Å². The van der Waals surface area contributed by atoms with E-state index in [4.69, 9.17) is 0 Å². The van der Waals surface area contributed by atoms with E-state index in [2.05, 4.69) is 44.5 Å². The van der Waals surface area contributed by atoms with Crippen molar-refractivity contribution in [2.45, 2.75) is 52.9 Å². The summed E-state index contributed by atoms with van der Waals surface area (Å²) in [4.78, 5) is 0. The zero-order chi connectivity index (χ0) is 9.94. The summed E-state index contributed by atoms with van der Waals surface area (Å²) < 4.78 is 0. The van der Waals surface area contributed by atoms with Crippen molar-refractivity contribution in [1.82, 2.24) is 0 Å². The lowest BCUT2D eigenvalue weighted by Crippen LogP contribution is -1.84. The minimum Gasteiger partial charge on any atom is -0.102 e. The van der Waals surface area contributed by atoms with Crippen molar-refractivity contribution in [1.29, 1.82) is 0 Å². The highest BCUT2D eigenvalue weighted by Crippen LogP contribution is 1.96. The summed E-state index contributed by atoms with van der Waals surface area (Å²) in [6.07, 6.45) is 5.35. The zero-order valence-electron chi connectivity index (χ0n) is 9.11. The number of unbranched alkanes of at least 4 members (excludes halogenated alkanes) is 2. The molecule has 13 heavy (non-hydrogen) atoms. The molecule has 0 spiro atoms. The van der Waals surface area contributed by atoms with E-state index in [1.807, 2.05) is 0 Å². The Labute approximate surface area is 83.1 Å². The van der Waals surface area contributed by atoms with Gasteiger partial charge in [0, 0.05) is 12.3 Å². The van der Waals surface area contributed by atoms with Gasteiger partial charge in [-0.25, -0.2) is 0 Å². The normalized spacial score (nSPS) is 10.7. The van der Waals surface area contributed by atoms with Crippen LogP contribution in [-0.4, -0.2) is 0 Å². The molecule has 0 N–H and O–H groups in total. The van der Waals surface area contributed by atoms with Gasteiger partial charge in [-0.05, 0) is 12.8 Å². The molecule has 0 amide bonds. The molecular formula is C13H20. The maximum absolute atomic E-state index is 3.17. The molecule has 0 nitrogen and oxygen atoms in total. The second kappa shape index (κ2) is 9.21. The number of hydrogen-bond acceptors (Lipinski definition) is 0. The van der Waals surface area contributed by atoms with Gasteiger partial charge in [0.05, 0.1) is 6.42 Å². The summed E-state index contributed by atoms with van der Waals surface area (Å²) >= 11 is 0. The molecule has 0 radical (unpaired) electrons. The predicted octanol–water partition coefficient (Wildman–Crippen LogP) is 3.62. The molecule has 1 unspecified atom stereocenters. The first-order chi connectivity index (χ1) is 6.31. The van der Waals surface area contributed by atoms with Crippen LogP contribution in [0.2, 0.25) is 0 Å². The molecule has 0 saturated heterocycles. The Bertz CT molecular complexity index is 216. The van der Waals surface area contributed by atoms with E-state index in [0.29, 0.717) is 5.92 Å². The maximum atomic E-state index is 3.17. The molecule has 0 aromatic rings. The Hall–Kier alpha value is -0.880. The lowest BCUT2D eigenvalue weighted by molar-refractivity contribution is 0.723. The monoisotopic (exact) mass is 176 g/mol. The van der Waals surface area contributed by atoms with Gasteiger partial charge in [0.25, 0.3) is 0 Å². The Morgan fingerprint density at radius 3 is 2.46 bits per heavy atom. The van der Waals surface area contributed by atoms with Crippen molar-refractivity contribution in [3.8, 4) is 23.7 Å². The fraction of sp³-hybridized carbons (Fsp3) is 0.692. The van der Waals surface area contributed by atoms with E-state index in [-0.39, 0.29) is 0 Å². The molecule has 0 bridgehead atoms. The molecule has 0 heteroatoms. The van der Waals surface area contributed by atoms with E-state index in [9.17, 15) is 0 Å². The third kappa shape index (κ3) is 9.03. The summed E-state index contributed by atoms with van der Waals surface area (Å²) in [6, 6.07) is 0. The summed E-state index contributed by atoms with van der Waals surface area (Å²) in [7, 11) is 0. The number of rotatable bonds is 3. The zero-order valence-corrected chi connectivity index (χ0v) is 9.11. The molecule has 0 rings (SSSR count). The highest BCUT2D eigenvalue weighted by molar-refractivity contribution is 5.12. The van der Waals surface area contributed by atoms with Crippen molar-refractivity contribution in [2.75, 3.05) is 0 Å². The van der Waals surface area contributed by atoms with Crippen LogP contribution in [0.15, 0.2) is 0 Å². The van der Waals surface area contributed by atoms with Crippen LogP contribution in [0.5, 0.6) is 0 Å². The minimum absolute atomic E-state index is 0.525. The van der Waals surface area contributed by atoms with Crippen LogP contribution >= 0.6 is 0 Å². The molecule has 1 atom stereocenters. The first-order valence-electron chi connectivity index (χ1n) is 5.25. The minimum atomic E-state index is 0.525. The van der Waals surface area contributed by atoms with Gasteiger partial charge in [0.1, 0.15) is 0 Å². The van der Waals surface area contributed by atoms with E-state index < -0.39 is 0 Å². The average Bonchev–Trinajstić information content (AvgIpc) is 2.16. The molecule has 0 aliphatic rings. The van der Waals surface area contributed by atoms with Crippen LogP contribution in [-0.2, 0) is 0 Å². The van der Waals surface area contributed by atoms with Gasteiger partial charge in [-0.15, -0.1) is 5.92 Å². The molecule has 0 aromatic heterocycles. The first-order valence-corrected chi connectivity index (χ1v) is 5.25. The summed E-state index contributed by atoms with van der Waals surface area (Å²) in [5, 5.41) is 0. The third-order valence-corrected chi connectivity index (χ3v) is 1.92. The topological polar surface area (TPSA) is 0 Å². The molecule has 0 heterocycles. The summed E-state index contributed by atoms with van der Waals surface area (Å²) in [5.41, 5.74) is 0. The second-order valence-electron chi connectivity index (χ2n) is 3.26. The van der Waals surface area contributed by atoms with Crippen molar-refractivity contribution in [3.63, 3.8) is 0 Å². The lowest BCUT2D eigenvalue weighted by Gasteiger charge is -1.92. The standard InChI is InChI=1S/C13H20/c1-4-6-7-8-9-10-11-12-13(3)5-2/h13H,4-7,10H2,1-3H3. The van der Waals surface area contributed by atoms with E-state index in [1.165, 1.54) is 12.8 Å². The summed E-state index contributed by atoms with van der Waals surface area (Å²) in [6.45, 7) is 6.49. The van der Waals surface area contributed by atoms with Gasteiger partial charge in [0.2, 0.25) is 0 Å². The first kappa shape index (κ1) is 12.1. The lowest BCUT2D eigenvalue weighted by atomic mass is 10.1. The molecule has 0 saturated carbocycles. The van der Waals surface area contributed by atoms with Gasteiger partial charge in [-0.2, -0.15) is 0 Å². The maximum Gasteiger partial charge on any atom is 0.0702 e. The smallest absolute Gasteiger partial charge is 0.0702 e. The number of hydrogen-bond donors (Lipinski definition) is 0. The van der Waals surface area contributed by atoms with Crippen LogP contribution in [0, 0.1) is 29.6 Å². The average molecular weight is 176 g/mol. The van der Waals surface area contributed by atoms with E-state index in [0.717, 1.165) is 19.3 Å². The third-order valence-electron chi connectivity index (χ3n) is 1.92. The Kier molecular flexibility index (Phi) is 8.59. The quantitative estimate of drug-likeness (QED) is 0.455. The van der Waals surface area contributed by atoms with Crippen molar-refractivity contribution in [2.24, 2.45) is 5.92 Å². The van der Waals surface area contributed by atoms with Crippen LogP contribution in [0.4, 0.5) is 0 Å². The van der Waals surface area contributed by atoms with Crippen molar-refractivity contribution >= 4 is 0 Å². The molecule has 0 fully saturated rings. The highest BCUT2D eigenvalue weighted by atomic mass is 13.9. The van der Waals surface area contributed by atoms with Crippen LogP contribution in [0.25, 0.3) is 0 Å². The largest absolute Gasteiger partial charge is 0.102 e. The highest BCUT2D eigenvalue weighted by Gasteiger charge is 1.87. The SMILES string of the molecule is CCCCC#CCC#CC(C)CC. The molecule has 0 aliphatic carbocycles. The van der Waals surface area contributed by atoms with Gasteiger partial charge < -0.3 is 0 Å². The predicted molar refractivity (Wildman–Crippen MR) is 59.1 cm³/mol. The van der Waals surface area contributed by atoms with Crippen molar-refractivity contribution in [3.05, 3.63) is 0 Å². The second-order valence-corrected chi connectivity index (χ2v) is 3.26. The van der Waals surface area contributed by atoms with Crippen LogP contribution < -0.4 is 0 Å². The fourth-order valence-corrected chi connectivity index (χ4v) is 0.788. The van der Waals surface area contributed by atoms with Crippen LogP contribution in [0.1, 0.15) is 52.9 Å². The molecule has 0 aliphatic heterocycles. The van der Waals surface area contributed by atoms with Gasteiger partial charge in [-0.1, -0.05) is 45.0 Å². The van der Waals surface area contributed by atoms with Gasteiger partial charge >= 0.3 is 0 Å². The molecule has 0 aromatic carbocycles. The molecular weight excluding hydrogens is 156 g/mol. The molecule has 72 valence electrons. The summed E-state index contributed by atoms with van der Waals surface area (Å²) in [5.74, 6) is 13.0. The Morgan fingerprint density at radius 2 is 1.85 bits per heavy atom. The Balaban J connectivity index is 3.49. The van der Waals surface area contributed by atoms with Gasteiger partial charge in [-0.3, -0.25) is 0 Å². The van der Waals surface area contributed by atoms with E-state index >= 15 is 0 Å². The fourth-order valence-electron chi connectivity index (χ4n) is 0.788. The Morgan fingerprint density at radius 1 is 1.08 bits per heavy atom. The van der Waals surface area contributed by atoms with Gasteiger partial charge in [0.15, 0.2) is 0 Å². The van der Waals surface area contributed by atoms with Crippen molar-refractivity contribution < 1.29 is 0 Å².